The molecule has 122 valence electrons. The van der Waals surface area contributed by atoms with Gasteiger partial charge in [0, 0.05) is 0 Å². The second kappa shape index (κ2) is 8.73. The standard InChI is InChI=1S/C8H6BrFO2.C7H4BrFO2/c1-12-8(11)5-2-3-7(10)6(9)4-5;8-5-3-4(7(10)11)1-2-6(5)9/h2-4H,1H3;1-3H,(H,10,11). The molecule has 23 heavy (non-hydrogen) atoms. The molecule has 2 rings (SSSR count). The van der Waals surface area contributed by atoms with Crippen molar-refractivity contribution in [2.24, 2.45) is 0 Å². The van der Waals surface area contributed by atoms with Crippen LogP contribution >= 0.6 is 31.9 Å². The van der Waals surface area contributed by atoms with Gasteiger partial charge in [-0.3, -0.25) is 0 Å². The molecule has 0 unspecified atom stereocenters. The largest absolute Gasteiger partial charge is 0.478 e. The summed E-state index contributed by atoms with van der Waals surface area (Å²) in [5.41, 5.74) is 0.393. The predicted octanol–water partition coefficient (Wildman–Crippen LogP) is 4.66. The second-order valence-corrected chi connectivity index (χ2v) is 5.76. The van der Waals surface area contributed by atoms with Gasteiger partial charge in [0.05, 0.1) is 27.2 Å². The van der Waals surface area contributed by atoms with Gasteiger partial charge in [-0.25, -0.2) is 18.4 Å². The van der Waals surface area contributed by atoms with E-state index in [9.17, 15) is 18.4 Å². The van der Waals surface area contributed by atoms with Gasteiger partial charge in [-0.1, -0.05) is 0 Å². The van der Waals surface area contributed by atoms with Crippen molar-refractivity contribution in [2.45, 2.75) is 0 Å². The van der Waals surface area contributed by atoms with E-state index >= 15 is 0 Å². The van der Waals surface area contributed by atoms with E-state index < -0.39 is 23.6 Å². The van der Waals surface area contributed by atoms with E-state index in [1.807, 2.05) is 0 Å². The topological polar surface area (TPSA) is 63.6 Å². The number of ether oxygens (including phenoxy) is 1. The predicted molar refractivity (Wildman–Crippen MR) is 86.5 cm³/mol. The highest BCUT2D eigenvalue weighted by atomic mass is 79.9. The van der Waals surface area contributed by atoms with Crippen LogP contribution in [0, 0.1) is 11.6 Å². The first-order chi connectivity index (χ1) is 10.8. The fourth-order valence-electron chi connectivity index (χ4n) is 1.37. The molecule has 2 aromatic rings. The average molecular weight is 452 g/mol. The molecular formula is C15H10Br2F2O4. The molecule has 0 fully saturated rings. The smallest absolute Gasteiger partial charge is 0.337 e. The van der Waals surface area contributed by atoms with E-state index in [-0.39, 0.29) is 14.5 Å². The fraction of sp³-hybridized carbons (Fsp3) is 0.0667. The number of hydrogen-bond donors (Lipinski definition) is 1. The van der Waals surface area contributed by atoms with Crippen molar-refractivity contribution in [1.82, 2.24) is 0 Å². The van der Waals surface area contributed by atoms with Gasteiger partial charge >= 0.3 is 11.9 Å². The SMILES string of the molecule is COC(=O)c1ccc(F)c(Br)c1.O=C(O)c1ccc(F)c(Br)c1. The summed E-state index contributed by atoms with van der Waals surface area (Å²) in [5.74, 6) is -2.40. The van der Waals surface area contributed by atoms with Crippen molar-refractivity contribution < 1.29 is 28.2 Å². The highest BCUT2D eigenvalue weighted by molar-refractivity contribution is 9.10. The molecule has 2 aromatic carbocycles. The molecule has 0 atom stereocenters. The van der Waals surface area contributed by atoms with Crippen LogP contribution < -0.4 is 0 Å². The third kappa shape index (κ3) is 5.72. The number of methoxy groups -OCH3 is 1. The summed E-state index contributed by atoms with van der Waals surface area (Å²) in [5, 5.41) is 8.46. The van der Waals surface area contributed by atoms with Crippen molar-refractivity contribution in [2.75, 3.05) is 7.11 Å². The minimum Gasteiger partial charge on any atom is -0.478 e. The Morgan fingerprint density at radius 1 is 0.957 bits per heavy atom. The summed E-state index contributed by atoms with van der Waals surface area (Å²) in [6, 6.07) is 7.48. The number of carboxylic acid groups (broad SMARTS) is 1. The minimum absolute atomic E-state index is 0.0678. The monoisotopic (exact) mass is 450 g/mol. The number of carbonyl (C=O) groups is 2. The van der Waals surface area contributed by atoms with Gasteiger partial charge in [0.25, 0.3) is 0 Å². The maximum absolute atomic E-state index is 12.7. The number of hydrogen-bond acceptors (Lipinski definition) is 3. The molecular weight excluding hydrogens is 442 g/mol. The van der Waals surface area contributed by atoms with Crippen molar-refractivity contribution in [3.05, 3.63) is 68.1 Å². The van der Waals surface area contributed by atoms with Crippen LogP contribution in [0.1, 0.15) is 20.7 Å². The first kappa shape index (κ1) is 19.2. The third-order valence-corrected chi connectivity index (χ3v) is 3.72. The lowest BCUT2D eigenvalue weighted by Gasteiger charge is -1.99. The zero-order valence-corrected chi connectivity index (χ0v) is 14.8. The van der Waals surface area contributed by atoms with Crippen molar-refractivity contribution >= 4 is 43.8 Å². The van der Waals surface area contributed by atoms with E-state index in [0.717, 1.165) is 6.07 Å². The van der Waals surface area contributed by atoms with E-state index in [4.69, 9.17) is 5.11 Å². The minimum atomic E-state index is -1.06. The molecule has 0 bridgehead atoms. The number of benzene rings is 2. The summed E-state index contributed by atoms with van der Waals surface area (Å²) >= 11 is 5.84. The van der Waals surface area contributed by atoms with Crippen LogP contribution in [0.5, 0.6) is 0 Å². The molecule has 4 nitrogen and oxygen atoms in total. The molecule has 0 spiro atoms. The Morgan fingerprint density at radius 2 is 1.39 bits per heavy atom. The maximum atomic E-state index is 12.7. The fourth-order valence-corrected chi connectivity index (χ4v) is 2.13. The Bertz CT molecular complexity index is 735. The highest BCUT2D eigenvalue weighted by Gasteiger charge is 2.07. The zero-order valence-electron chi connectivity index (χ0n) is 11.6. The molecule has 0 aliphatic carbocycles. The number of rotatable bonds is 2. The number of aromatic carboxylic acids is 1. The Balaban J connectivity index is 0.000000231. The summed E-state index contributed by atoms with van der Waals surface area (Å²) < 4.78 is 30.1. The van der Waals surface area contributed by atoms with E-state index in [1.165, 1.54) is 37.4 Å². The lowest BCUT2D eigenvalue weighted by Crippen LogP contribution is -2.00. The molecule has 8 heteroatoms. The Morgan fingerprint density at radius 3 is 1.78 bits per heavy atom. The lowest BCUT2D eigenvalue weighted by atomic mass is 10.2. The summed E-state index contributed by atoms with van der Waals surface area (Å²) in [7, 11) is 1.28. The first-order valence-electron chi connectivity index (χ1n) is 5.98. The summed E-state index contributed by atoms with van der Waals surface area (Å²) in [4.78, 5) is 21.2. The van der Waals surface area contributed by atoms with Crippen molar-refractivity contribution in [1.29, 1.82) is 0 Å². The van der Waals surface area contributed by atoms with Crippen molar-refractivity contribution in [3.63, 3.8) is 0 Å². The number of esters is 1. The second-order valence-electron chi connectivity index (χ2n) is 4.05. The van der Waals surface area contributed by atoms with Crippen molar-refractivity contribution in [3.8, 4) is 0 Å². The van der Waals surface area contributed by atoms with Gasteiger partial charge < -0.3 is 9.84 Å². The Kier molecular flexibility index (Phi) is 7.31. The van der Waals surface area contributed by atoms with E-state index in [1.54, 1.807) is 0 Å². The molecule has 0 aromatic heterocycles. The molecule has 0 aliphatic rings. The van der Waals surface area contributed by atoms with Crippen LogP contribution in [-0.2, 0) is 4.74 Å². The van der Waals surface area contributed by atoms with E-state index in [2.05, 4.69) is 36.6 Å². The van der Waals surface area contributed by atoms with Gasteiger partial charge in [-0.15, -0.1) is 0 Å². The van der Waals surface area contributed by atoms with Crippen LogP contribution in [0.3, 0.4) is 0 Å². The molecule has 0 amide bonds. The van der Waals surface area contributed by atoms with Gasteiger partial charge in [0.1, 0.15) is 11.6 Å². The number of carbonyl (C=O) groups excluding carboxylic acids is 1. The third-order valence-electron chi connectivity index (χ3n) is 2.51. The lowest BCUT2D eigenvalue weighted by molar-refractivity contribution is 0.0599. The normalized spacial score (nSPS) is 9.61. The molecule has 0 saturated heterocycles. The Labute approximate surface area is 147 Å². The molecule has 0 saturated carbocycles. The van der Waals surface area contributed by atoms with Gasteiger partial charge in [0.15, 0.2) is 0 Å². The van der Waals surface area contributed by atoms with Crippen LogP contribution in [0.2, 0.25) is 0 Å². The molecule has 0 radical (unpaired) electrons. The molecule has 0 aliphatic heterocycles. The summed E-state index contributed by atoms with van der Waals surface area (Å²) in [6.07, 6.45) is 0. The molecule has 0 heterocycles. The quantitative estimate of drug-likeness (QED) is 0.674. The van der Waals surface area contributed by atoms with E-state index in [0.29, 0.717) is 5.56 Å². The van der Waals surface area contributed by atoms with Crippen LogP contribution in [0.15, 0.2) is 45.3 Å². The number of halogens is 4. The van der Waals surface area contributed by atoms with Gasteiger partial charge in [0.2, 0.25) is 0 Å². The van der Waals surface area contributed by atoms with Gasteiger partial charge in [-0.2, -0.15) is 0 Å². The van der Waals surface area contributed by atoms with Gasteiger partial charge in [-0.05, 0) is 68.3 Å². The summed E-state index contributed by atoms with van der Waals surface area (Å²) in [6.45, 7) is 0. The average Bonchev–Trinajstić information content (AvgIpc) is 2.52. The van der Waals surface area contributed by atoms with Crippen LogP contribution in [0.4, 0.5) is 8.78 Å². The Hall–Kier alpha value is -1.80. The molecule has 1 N–H and O–H groups in total. The number of carboxylic acids is 1. The van der Waals surface area contributed by atoms with Crippen LogP contribution in [-0.4, -0.2) is 24.2 Å². The van der Waals surface area contributed by atoms with Crippen LogP contribution in [0.25, 0.3) is 0 Å². The maximum Gasteiger partial charge on any atom is 0.337 e. The highest BCUT2D eigenvalue weighted by Crippen LogP contribution is 2.17. The zero-order chi connectivity index (χ0) is 17.6. The first-order valence-corrected chi connectivity index (χ1v) is 7.56.